The lowest BCUT2D eigenvalue weighted by Crippen LogP contribution is -2.12. The summed E-state index contributed by atoms with van der Waals surface area (Å²) in [5.74, 6) is 1.14. The number of nitrogens with one attached hydrogen (secondary N) is 1. The predicted octanol–water partition coefficient (Wildman–Crippen LogP) is 7.58. The van der Waals surface area contributed by atoms with Crippen LogP contribution in [0.1, 0.15) is 59.6 Å². The minimum Gasteiger partial charge on any atom is -0.486 e. The van der Waals surface area contributed by atoms with Crippen molar-refractivity contribution in [2.24, 2.45) is 0 Å². The van der Waals surface area contributed by atoms with Crippen molar-refractivity contribution in [1.82, 2.24) is 9.78 Å². The standard InChI is InChI=1S/C28H29Cl2N3O3/c1-17-26(18(2)33(32-17)15-19-6-9-21(29)14-24(19)30)31-27(34)25-13-12-23(36-25)16-35-22-10-7-20(8-11-22)28(3,4)5/h6-14H,15-16H2,1-5H3,(H,31,34). The number of aromatic nitrogens is 2. The molecule has 4 rings (SSSR count). The number of hydrogen-bond acceptors (Lipinski definition) is 4. The minimum atomic E-state index is -0.356. The van der Waals surface area contributed by atoms with Crippen molar-refractivity contribution in [3.8, 4) is 5.75 Å². The maximum absolute atomic E-state index is 12.9. The van der Waals surface area contributed by atoms with Crippen molar-refractivity contribution in [1.29, 1.82) is 0 Å². The average Bonchev–Trinajstić information content (AvgIpc) is 3.40. The number of nitrogens with zero attached hydrogens (tertiary/aromatic N) is 2. The molecule has 6 nitrogen and oxygen atoms in total. The van der Waals surface area contributed by atoms with Crippen molar-refractivity contribution in [2.45, 2.75) is 53.2 Å². The molecule has 8 heteroatoms. The zero-order valence-corrected chi connectivity index (χ0v) is 22.5. The lowest BCUT2D eigenvalue weighted by atomic mass is 9.87. The number of carbonyl (C=O) groups excluding carboxylic acids is 1. The van der Waals surface area contributed by atoms with Gasteiger partial charge in [0.25, 0.3) is 5.91 Å². The van der Waals surface area contributed by atoms with Gasteiger partial charge in [-0.2, -0.15) is 5.10 Å². The first kappa shape index (κ1) is 25.9. The number of benzene rings is 2. The summed E-state index contributed by atoms with van der Waals surface area (Å²) in [6.07, 6.45) is 0. The summed E-state index contributed by atoms with van der Waals surface area (Å²) < 4.78 is 13.4. The molecular formula is C28H29Cl2N3O3. The van der Waals surface area contributed by atoms with E-state index >= 15 is 0 Å². The van der Waals surface area contributed by atoms with E-state index in [0.717, 1.165) is 17.0 Å². The largest absolute Gasteiger partial charge is 0.486 e. The molecule has 4 aromatic rings. The van der Waals surface area contributed by atoms with E-state index < -0.39 is 0 Å². The molecule has 0 saturated carbocycles. The van der Waals surface area contributed by atoms with Crippen LogP contribution in [-0.4, -0.2) is 15.7 Å². The third kappa shape index (κ3) is 5.94. The van der Waals surface area contributed by atoms with E-state index in [1.165, 1.54) is 5.56 Å². The molecule has 0 aliphatic rings. The Kier molecular flexibility index (Phi) is 7.48. The molecule has 0 bridgehead atoms. The molecule has 1 amide bonds. The molecule has 36 heavy (non-hydrogen) atoms. The number of furan rings is 1. The van der Waals surface area contributed by atoms with E-state index in [9.17, 15) is 4.79 Å². The molecule has 0 atom stereocenters. The monoisotopic (exact) mass is 525 g/mol. The maximum atomic E-state index is 12.9. The van der Waals surface area contributed by atoms with Crippen LogP contribution < -0.4 is 10.1 Å². The van der Waals surface area contributed by atoms with Crippen molar-refractivity contribution >= 4 is 34.8 Å². The van der Waals surface area contributed by atoms with E-state index in [1.54, 1.807) is 28.9 Å². The van der Waals surface area contributed by atoms with Crippen molar-refractivity contribution < 1.29 is 13.9 Å². The molecule has 0 aliphatic heterocycles. The highest BCUT2D eigenvalue weighted by atomic mass is 35.5. The molecule has 0 radical (unpaired) electrons. The number of carbonyl (C=O) groups is 1. The van der Waals surface area contributed by atoms with Crippen LogP contribution in [0.3, 0.4) is 0 Å². The summed E-state index contributed by atoms with van der Waals surface area (Å²) in [7, 11) is 0. The predicted molar refractivity (Wildman–Crippen MR) is 143 cm³/mol. The van der Waals surface area contributed by atoms with E-state index in [4.69, 9.17) is 32.4 Å². The molecule has 0 unspecified atom stereocenters. The lowest BCUT2D eigenvalue weighted by Gasteiger charge is -2.19. The fourth-order valence-corrected chi connectivity index (χ4v) is 4.27. The Morgan fingerprint density at radius 3 is 2.44 bits per heavy atom. The van der Waals surface area contributed by atoms with Gasteiger partial charge in [-0.25, -0.2) is 0 Å². The Hall–Kier alpha value is -3.22. The molecule has 0 fully saturated rings. The Bertz CT molecular complexity index is 1380. The van der Waals surface area contributed by atoms with Gasteiger partial charge in [-0.1, -0.05) is 62.2 Å². The molecule has 0 spiro atoms. The second kappa shape index (κ2) is 10.4. The summed E-state index contributed by atoms with van der Waals surface area (Å²) in [6, 6.07) is 16.7. The van der Waals surface area contributed by atoms with Crippen LogP contribution in [0.15, 0.2) is 59.0 Å². The fourth-order valence-electron chi connectivity index (χ4n) is 3.80. The van der Waals surface area contributed by atoms with Gasteiger partial charge < -0.3 is 14.5 Å². The number of amides is 1. The first-order valence-corrected chi connectivity index (χ1v) is 12.4. The smallest absolute Gasteiger partial charge is 0.291 e. The molecule has 2 heterocycles. The van der Waals surface area contributed by atoms with Gasteiger partial charge >= 0.3 is 0 Å². The molecular weight excluding hydrogens is 497 g/mol. The van der Waals surface area contributed by atoms with Gasteiger partial charge in [0, 0.05) is 10.0 Å². The van der Waals surface area contributed by atoms with Crippen LogP contribution in [0, 0.1) is 13.8 Å². The van der Waals surface area contributed by atoms with Crippen LogP contribution in [0.4, 0.5) is 5.69 Å². The Morgan fingerprint density at radius 1 is 1.06 bits per heavy atom. The van der Waals surface area contributed by atoms with Crippen LogP contribution in [0.5, 0.6) is 5.75 Å². The molecule has 0 aliphatic carbocycles. The SMILES string of the molecule is Cc1nn(Cc2ccc(Cl)cc2Cl)c(C)c1NC(=O)c1ccc(COc2ccc(C(C)(C)C)cc2)o1. The van der Waals surface area contributed by atoms with Crippen molar-refractivity contribution in [2.75, 3.05) is 5.32 Å². The number of halogens is 2. The zero-order chi connectivity index (χ0) is 26.0. The van der Waals surface area contributed by atoms with Gasteiger partial charge in [-0.05, 0) is 66.8 Å². The topological polar surface area (TPSA) is 69.3 Å². The molecule has 0 saturated heterocycles. The number of hydrogen-bond donors (Lipinski definition) is 1. The van der Waals surface area contributed by atoms with Crippen LogP contribution in [0.25, 0.3) is 0 Å². The third-order valence-corrected chi connectivity index (χ3v) is 6.53. The summed E-state index contributed by atoms with van der Waals surface area (Å²) >= 11 is 12.3. The molecule has 2 aromatic heterocycles. The Morgan fingerprint density at radius 2 is 1.78 bits per heavy atom. The van der Waals surface area contributed by atoms with Gasteiger partial charge in [0.15, 0.2) is 5.76 Å². The van der Waals surface area contributed by atoms with E-state index in [2.05, 4.69) is 43.3 Å². The Labute approximate surface area is 221 Å². The van der Waals surface area contributed by atoms with Crippen LogP contribution in [0.2, 0.25) is 10.0 Å². The maximum Gasteiger partial charge on any atom is 0.291 e. The summed E-state index contributed by atoms with van der Waals surface area (Å²) in [5.41, 5.74) is 4.33. The number of rotatable bonds is 7. The number of ether oxygens (including phenoxy) is 1. The lowest BCUT2D eigenvalue weighted by molar-refractivity contribution is 0.0992. The van der Waals surface area contributed by atoms with Crippen molar-refractivity contribution in [3.05, 3.63) is 98.7 Å². The molecule has 188 valence electrons. The first-order valence-electron chi connectivity index (χ1n) is 11.6. The fraction of sp³-hybridized carbons (Fsp3) is 0.286. The third-order valence-electron chi connectivity index (χ3n) is 5.94. The van der Waals surface area contributed by atoms with E-state index in [1.807, 2.05) is 32.0 Å². The first-order chi connectivity index (χ1) is 17.0. The van der Waals surface area contributed by atoms with Gasteiger partial charge in [0.1, 0.15) is 18.1 Å². The van der Waals surface area contributed by atoms with E-state index in [0.29, 0.717) is 33.7 Å². The average molecular weight is 526 g/mol. The number of anilines is 1. The highest BCUT2D eigenvalue weighted by Gasteiger charge is 2.19. The van der Waals surface area contributed by atoms with E-state index in [-0.39, 0.29) is 23.7 Å². The van der Waals surface area contributed by atoms with Gasteiger partial charge in [0.05, 0.1) is 23.6 Å². The normalized spacial score (nSPS) is 11.5. The summed E-state index contributed by atoms with van der Waals surface area (Å²) in [5, 5.41) is 8.63. The highest BCUT2D eigenvalue weighted by molar-refractivity contribution is 6.35. The van der Waals surface area contributed by atoms with Gasteiger partial charge in [-0.15, -0.1) is 0 Å². The summed E-state index contributed by atoms with van der Waals surface area (Å²) in [6.45, 7) is 10.9. The number of aryl methyl sites for hydroxylation is 1. The highest BCUT2D eigenvalue weighted by Crippen LogP contribution is 2.27. The van der Waals surface area contributed by atoms with Crippen LogP contribution in [-0.2, 0) is 18.6 Å². The minimum absolute atomic E-state index is 0.0813. The molecule has 2 aromatic carbocycles. The van der Waals surface area contributed by atoms with Crippen molar-refractivity contribution in [3.63, 3.8) is 0 Å². The van der Waals surface area contributed by atoms with Crippen LogP contribution >= 0.6 is 23.2 Å². The second-order valence-corrected chi connectivity index (χ2v) is 10.6. The Balaban J connectivity index is 1.40. The van der Waals surface area contributed by atoms with Gasteiger partial charge in [-0.3, -0.25) is 9.48 Å². The van der Waals surface area contributed by atoms with Gasteiger partial charge in [0.2, 0.25) is 0 Å². The summed E-state index contributed by atoms with van der Waals surface area (Å²) in [4.78, 5) is 12.9. The second-order valence-electron chi connectivity index (χ2n) is 9.72. The zero-order valence-electron chi connectivity index (χ0n) is 21.0. The molecule has 1 N–H and O–H groups in total. The quantitative estimate of drug-likeness (QED) is 0.270.